The first-order chi connectivity index (χ1) is 13.0. The molecule has 2 unspecified atom stereocenters. The molecular formula is C22H20FNO3. The van der Waals surface area contributed by atoms with Gasteiger partial charge in [-0.25, -0.2) is 4.39 Å². The molecule has 0 saturated carbocycles. The Morgan fingerprint density at radius 1 is 1.04 bits per heavy atom. The summed E-state index contributed by atoms with van der Waals surface area (Å²) in [4.78, 5) is 12.9. The Morgan fingerprint density at radius 2 is 1.70 bits per heavy atom. The van der Waals surface area contributed by atoms with E-state index in [-0.39, 0.29) is 24.4 Å². The molecule has 1 aliphatic rings. The molecule has 0 saturated heterocycles. The van der Waals surface area contributed by atoms with Crippen LogP contribution in [0.5, 0.6) is 11.5 Å². The highest BCUT2D eigenvalue weighted by atomic mass is 19.1. The first-order valence-electron chi connectivity index (χ1n) is 8.87. The van der Waals surface area contributed by atoms with E-state index in [0.717, 1.165) is 10.9 Å². The minimum Gasteiger partial charge on any atom is -0.485 e. The van der Waals surface area contributed by atoms with Gasteiger partial charge in [0.2, 0.25) is 5.60 Å². The average molecular weight is 365 g/mol. The summed E-state index contributed by atoms with van der Waals surface area (Å²) in [7, 11) is 0. The lowest BCUT2D eigenvalue weighted by molar-refractivity contribution is -0.140. The molecular weight excluding hydrogens is 345 g/mol. The van der Waals surface area contributed by atoms with Crippen molar-refractivity contribution >= 4 is 16.7 Å². The summed E-state index contributed by atoms with van der Waals surface area (Å²) in [5.74, 6) is 0.611. The van der Waals surface area contributed by atoms with Gasteiger partial charge in [0.05, 0.1) is 6.04 Å². The van der Waals surface area contributed by atoms with Crippen LogP contribution in [0.1, 0.15) is 25.5 Å². The fraction of sp³-hybridized carbons (Fsp3) is 0.227. The van der Waals surface area contributed by atoms with Crippen LogP contribution in [-0.2, 0) is 4.79 Å². The van der Waals surface area contributed by atoms with Crippen LogP contribution in [0.15, 0.2) is 60.7 Å². The Morgan fingerprint density at radius 3 is 2.48 bits per heavy atom. The van der Waals surface area contributed by atoms with Gasteiger partial charge in [-0.2, -0.15) is 0 Å². The Balaban J connectivity index is 1.58. The molecule has 4 nitrogen and oxygen atoms in total. The minimum absolute atomic E-state index is 0.118. The summed E-state index contributed by atoms with van der Waals surface area (Å²) in [5, 5.41) is 4.30. The number of hydrogen-bond acceptors (Lipinski definition) is 3. The third kappa shape index (κ3) is 3.10. The molecule has 5 heteroatoms. The predicted octanol–water partition coefficient (Wildman–Crippen LogP) is 4.39. The molecule has 0 radical (unpaired) electrons. The zero-order valence-corrected chi connectivity index (χ0v) is 15.2. The zero-order chi connectivity index (χ0) is 19.0. The van der Waals surface area contributed by atoms with Gasteiger partial charge >= 0.3 is 0 Å². The number of para-hydroxylation sites is 2. The van der Waals surface area contributed by atoms with Crippen LogP contribution >= 0.6 is 0 Å². The molecule has 3 aromatic rings. The molecule has 2 atom stereocenters. The van der Waals surface area contributed by atoms with Gasteiger partial charge in [0.1, 0.15) is 12.4 Å². The first-order valence-corrected chi connectivity index (χ1v) is 8.87. The summed E-state index contributed by atoms with van der Waals surface area (Å²) >= 11 is 0. The lowest BCUT2D eigenvalue weighted by Gasteiger charge is -2.35. The van der Waals surface area contributed by atoms with Crippen molar-refractivity contribution in [2.75, 3.05) is 6.61 Å². The van der Waals surface area contributed by atoms with E-state index in [0.29, 0.717) is 16.9 Å². The number of nitrogens with one attached hydrogen (secondary N) is 1. The molecule has 27 heavy (non-hydrogen) atoms. The zero-order valence-electron chi connectivity index (χ0n) is 15.2. The maximum atomic E-state index is 14.1. The Kier molecular flexibility index (Phi) is 4.22. The second kappa shape index (κ2) is 6.58. The molecule has 1 aliphatic heterocycles. The highest BCUT2D eigenvalue weighted by molar-refractivity contribution is 5.89. The van der Waals surface area contributed by atoms with Crippen molar-refractivity contribution in [3.05, 3.63) is 72.0 Å². The highest BCUT2D eigenvalue weighted by Crippen LogP contribution is 2.35. The number of rotatable bonds is 3. The van der Waals surface area contributed by atoms with Crippen LogP contribution in [0.25, 0.3) is 10.8 Å². The van der Waals surface area contributed by atoms with E-state index < -0.39 is 5.60 Å². The summed E-state index contributed by atoms with van der Waals surface area (Å²) in [5.41, 5.74) is -0.292. The Labute approximate surface area is 156 Å². The number of ether oxygens (including phenoxy) is 2. The Bertz CT molecular complexity index is 1020. The van der Waals surface area contributed by atoms with Crippen LogP contribution in [0.4, 0.5) is 4.39 Å². The molecule has 0 fully saturated rings. The SMILES string of the molecule is CC(NC(=O)C1(C)COc2ccccc2O1)c1ccc(F)c2ccccc12. The highest BCUT2D eigenvalue weighted by Gasteiger charge is 2.41. The summed E-state index contributed by atoms with van der Waals surface area (Å²) < 4.78 is 25.7. The molecule has 0 aliphatic carbocycles. The maximum Gasteiger partial charge on any atom is 0.268 e. The maximum absolute atomic E-state index is 14.1. The van der Waals surface area contributed by atoms with Gasteiger partial charge in [-0.15, -0.1) is 0 Å². The van der Waals surface area contributed by atoms with E-state index in [2.05, 4.69) is 5.32 Å². The smallest absolute Gasteiger partial charge is 0.268 e. The fourth-order valence-corrected chi connectivity index (χ4v) is 3.34. The minimum atomic E-state index is -1.14. The number of halogens is 1. The lowest BCUT2D eigenvalue weighted by atomic mass is 9.98. The van der Waals surface area contributed by atoms with Crippen molar-refractivity contribution in [2.45, 2.75) is 25.5 Å². The van der Waals surface area contributed by atoms with Crippen LogP contribution in [0, 0.1) is 5.82 Å². The number of carbonyl (C=O) groups is 1. The molecule has 1 N–H and O–H groups in total. The fourth-order valence-electron chi connectivity index (χ4n) is 3.34. The molecule has 0 spiro atoms. The van der Waals surface area contributed by atoms with Crippen molar-refractivity contribution in [3.63, 3.8) is 0 Å². The number of benzene rings is 3. The van der Waals surface area contributed by atoms with Crippen molar-refractivity contribution in [2.24, 2.45) is 0 Å². The molecule has 138 valence electrons. The number of carbonyl (C=O) groups excluding carboxylic acids is 1. The monoisotopic (exact) mass is 365 g/mol. The van der Waals surface area contributed by atoms with Crippen molar-refractivity contribution in [1.82, 2.24) is 5.32 Å². The first kappa shape index (κ1) is 17.3. The largest absolute Gasteiger partial charge is 0.485 e. The second-order valence-corrected chi connectivity index (χ2v) is 6.95. The number of fused-ring (bicyclic) bond motifs is 2. The normalized spacial score (nSPS) is 19.5. The summed E-state index contributed by atoms with van der Waals surface area (Å²) in [6.45, 7) is 3.69. The average Bonchev–Trinajstić information content (AvgIpc) is 2.68. The quantitative estimate of drug-likeness (QED) is 0.749. The lowest BCUT2D eigenvalue weighted by Crippen LogP contribution is -2.54. The molecule has 1 heterocycles. The second-order valence-electron chi connectivity index (χ2n) is 6.95. The van der Waals surface area contributed by atoms with Crippen LogP contribution in [0.2, 0.25) is 0 Å². The molecule has 0 bridgehead atoms. The molecule has 3 aromatic carbocycles. The third-order valence-corrected chi connectivity index (χ3v) is 4.89. The van der Waals surface area contributed by atoms with Gasteiger partial charge < -0.3 is 14.8 Å². The van der Waals surface area contributed by atoms with Gasteiger partial charge in [-0.3, -0.25) is 4.79 Å². The van der Waals surface area contributed by atoms with E-state index in [4.69, 9.17) is 9.47 Å². The van der Waals surface area contributed by atoms with Crippen LogP contribution < -0.4 is 14.8 Å². The molecule has 0 aromatic heterocycles. The van der Waals surface area contributed by atoms with E-state index >= 15 is 0 Å². The molecule has 4 rings (SSSR count). The van der Waals surface area contributed by atoms with Gasteiger partial charge in [0.25, 0.3) is 5.91 Å². The van der Waals surface area contributed by atoms with Gasteiger partial charge in [0, 0.05) is 5.39 Å². The predicted molar refractivity (Wildman–Crippen MR) is 101 cm³/mol. The standard InChI is InChI=1S/C22H20FNO3/c1-14(15-11-12-18(23)17-8-4-3-7-16(15)17)24-21(25)22(2)13-26-19-9-5-6-10-20(19)27-22/h3-12,14H,13H2,1-2H3,(H,24,25). The van der Waals surface area contributed by atoms with Crippen LogP contribution in [-0.4, -0.2) is 18.1 Å². The van der Waals surface area contributed by atoms with Gasteiger partial charge in [-0.05, 0) is 43.0 Å². The van der Waals surface area contributed by atoms with E-state index in [1.54, 1.807) is 37.3 Å². The van der Waals surface area contributed by atoms with Gasteiger partial charge in [-0.1, -0.05) is 42.5 Å². The summed E-state index contributed by atoms with van der Waals surface area (Å²) in [6, 6.07) is 17.3. The third-order valence-electron chi connectivity index (χ3n) is 4.89. The van der Waals surface area contributed by atoms with Crippen molar-refractivity contribution in [1.29, 1.82) is 0 Å². The molecule has 1 amide bonds. The van der Waals surface area contributed by atoms with Crippen molar-refractivity contribution in [3.8, 4) is 11.5 Å². The topological polar surface area (TPSA) is 47.6 Å². The number of amides is 1. The van der Waals surface area contributed by atoms with Crippen LogP contribution in [0.3, 0.4) is 0 Å². The number of hydrogen-bond donors (Lipinski definition) is 1. The van der Waals surface area contributed by atoms with E-state index in [1.807, 2.05) is 31.2 Å². The van der Waals surface area contributed by atoms with Crippen molar-refractivity contribution < 1.29 is 18.7 Å². The van der Waals surface area contributed by atoms with E-state index in [9.17, 15) is 9.18 Å². The van der Waals surface area contributed by atoms with E-state index in [1.165, 1.54) is 6.07 Å². The summed E-state index contributed by atoms with van der Waals surface area (Å²) in [6.07, 6.45) is 0. The Hall–Kier alpha value is -3.08. The van der Waals surface area contributed by atoms with Gasteiger partial charge in [0.15, 0.2) is 11.5 Å².